The first kappa shape index (κ1) is 14.5. The van der Waals surface area contributed by atoms with Gasteiger partial charge in [-0.2, -0.15) is 0 Å². The first-order valence-electron chi connectivity index (χ1n) is 6.51. The summed E-state index contributed by atoms with van der Waals surface area (Å²) < 4.78 is 1.21. The Morgan fingerprint density at radius 3 is 2.71 bits per heavy atom. The van der Waals surface area contributed by atoms with Crippen LogP contribution in [0.4, 0.5) is 5.95 Å². The van der Waals surface area contributed by atoms with E-state index in [1.807, 2.05) is 43.3 Å². The molecular formula is C13H17N7O. The lowest BCUT2D eigenvalue weighted by Crippen LogP contribution is -2.39. The Kier molecular flexibility index (Phi) is 4.86. The van der Waals surface area contributed by atoms with Crippen molar-refractivity contribution in [3.63, 3.8) is 0 Å². The molecule has 1 heterocycles. The fraction of sp³-hybridized carbons (Fsp3) is 0.231. The summed E-state index contributed by atoms with van der Waals surface area (Å²) in [7, 11) is 0. The average Bonchev–Trinajstić information content (AvgIpc) is 2.89. The zero-order valence-corrected chi connectivity index (χ0v) is 11.7. The molecule has 2 aromatic rings. The van der Waals surface area contributed by atoms with Crippen LogP contribution in [0, 0.1) is 0 Å². The third-order valence-corrected chi connectivity index (χ3v) is 2.74. The van der Waals surface area contributed by atoms with Crippen molar-refractivity contribution in [3.05, 3.63) is 41.6 Å². The van der Waals surface area contributed by atoms with Crippen LogP contribution in [0.2, 0.25) is 0 Å². The number of nitrogens with zero attached hydrogens (tertiary/aromatic N) is 4. The number of carbonyl (C=O) groups is 1. The van der Waals surface area contributed by atoms with E-state index < -0.39 is 0 Å². The van der Waals surface area contributed by atoms with Gasteiger partial charge in [-0.3, -0.25) is 10.2 Å². The summed E-state index contributed by atoms with van der Waals surface area (Å²) in [6.45, 7) is 1.95. The molecule has 1 amide bonds. The molecule has 0 spiro atoms. The van der Waals surface area contributed by atoms with Crippen molar-refractivity contribution >= 4 is 17.9 Å². The zero-order valence-electron chi connectivity index (χ0n) is 11.7. The number of anilines is 1. The van der Waals surface area contributed by atoms with Crippen molar-refractivity contribution in [2.24, 2.45) is 0 Å². The van der Waals surface area contributed by atoms with Gasteiger partial charge in [-0.1, -0.05) is 42.4 Å². The molecule has 0 fully saturated rings. The van der Waals surface area contributed by atoms with E-state index in [-0.39, 0.29) is 18.4 Å². The number of benzene rings is 1. The highest BCUT2D eigenvalue weighted by molar-refractivity contribution is 5.75. The van der Waals surface area contributed by atoms with Gasteiger partial charge in [0.1, 0.15) is 6.54 Å². The highest BCUT2D eigenvalue weighted by atomic mass is 16.2. The third-order valence-electron chi connectivity index (χ3n) is 2.74. The van der Waals surface area contributed by atoms with Gasteiger partial charge < -0.3 is 11.2 Å². The number of nitrogens with two attached hydrogens (primary N) is 1. The van der Waals surface area contributed by atoms with E-state index in [0.29, 0.717) is 0 Å². The standard InChI is InChI=1S/C13H17N7O/c1-2-11(8-10-6-4-3-5-7-10)15-16-12(21)9-20-13(14)17-18-19-20/h3-8,15H,2,9H2,1H3,(H,16,21)(H2,14,17,19). The SMILES string of the molecule is CCC(=Cc1ccccc1)NNC(=O)Cn1nnnc1N. The van der Waals surface area contributed by atoms with Crippen molar-refractivity contribution in [1.29, 1.82) is 0 Å². The number of rotatable bonds is 6. The molecule has 0 aliphatic heterocycles. The second kappa shape index (κ2) is 7.04. The molecule has 8 nitrogen and oxygen atoms in total. The Morgan fingerprint density at radius 1 is 1.33 bits per heavy atom. The Hall–Kier alpha value is -2.90. The number of carbonyl (C=O) groups excluding carboxylic acids is 1. The van der Waals surface area contributed by atoms with E-state index in [2.05, 4.69) is 26.4 Å². The molecule has 0 unspecified atom stereocenters. The molecule has 1 aromatic heterocycles. The quantitative estimate of drug-likeness (QED) is 0.660. The molecule has 21 heavy (non-hydrogen) atoms. The molecule has 0 aliphatic carbocycles. The minimum atomic E-state index is -0.290. The van der Waals surface area contributed by atoms with Crippen LogP contribution >= 0.6 is 0 Å². The second-order valence-electron chi connectivity index (χ2n) is 4.30. The summed E-state index contributed by atoms with van der Waals surface area (Å²) in [5.74, 6) is -0.192. The van der Waals surface area contributed by atoms with Crippen LogP contribution < -0.4 is 16.6 Å². The zero-order chi connectivity index (χ0) is 15.1. The van der Waals surface area contributed by atoms with Crippen LogP contribution in [0.1, 0.15) is 18.9 Å². The van der Waals surface area contributed by atoms with Gasteiger partial charge in [-0.25, -0.2) is 4.68 Å². The molecule has 1 aromatic carbocycles. The van der Waals surface area contributed by atoms with Crippen molar-refractivity contribution < 1.29 is 4.79 Å². The van der Waals surface area contributed by atoms with Gasteiger partial charge in [0.15, 0.2) is 0 Å². The first-order chi connectivity index (χ1) is 10.2. The highest BCUT2D eigenvalue weighted by Crippen LogP contribution is 2.06. The molecular weight excluding hydrogens is 270 g/mol. The number of tetrazole rings is 1. The summed E-state index contributed by atoms with van der Waals surface area (Å²) in [5, 5.41) is 10.5. The van der Waals surface area contributed by atoms with Crippen molar-refractivity contribution in [1.82, 2.24) is 31.1 Å². The summed E-state index contributed by atoms with van der Waals surface area (Å²) in [6.07, 6.45) is 2.72. The molecule has 0 bridgehead atoms. The number of nitrogen functional groups attached to an aromatic ring is 1. The van der Waals surface area contributed by atoms with E-state index in [1.165, 1.54) is 4.68 Å². The number of aromatic nitrogens is 4. The summed E-state index contributed by atoms with van der Waals surface area (Å²) in [4.78, 5) is 11.8. The van der Waals surface area contributed by atoms with E-state index in [1.54, 1.807) is 0 Å². The molecule has 0 aliphatic rings. The van der Waals surface area contributed by atoms with Crippen LogP contribution in [0.15, 0.2) is 36.0 Å². The first-order valence-corrected chi connectivity index (χ1v) is 6.51. The predicted octanol–water partition coefficient (Wildman–Crippen LogP) is 0.327. The Balaban J connectivity index is 1.90. The van der Waals surface area contributed by atoms with Gasteiger partial charge >= 0.3 is 0 Å². The van der Waals surface area contributed by atoms with Crippen molar-refractivity contribution in [2.75, 3.05) is 5.73 Å². The number of hydrogen-bond donors (Lipinski definition) is 3. The van der Waals surface area contributed by atoms with Crippen LogP contribution in [-0.2, 0) is 11.3 Å². The number of nitrogens with one attached hydrogen (secondary N) is 2. The second-order valence-corrected chi connectivity index (χ2v) is 4.30. The number of allylic oxidation sites excluding steroid dienone is 1. The maximum Gasteiger partial charge on any atom is 0.260 e. The Bertz CT molecular complexity index is 620. The Labute approximate surface area is 122 Å². The van der Waals surface area contributed by atoms with Crippen LogP contribution in [0.3, 0.4) is 0 Å². The maximum atomic E-state index is 11.8. The number of hydrazine groups is 1. The third kappa shape index (κ3) is 4.30. The van der Waals surface area contributed by atoms with Crippen LogP contribution in [0.25, 0.3) is 6.08 Å². The lowest BCUT2D eigenvalue weighted by molar-refractivity contribution is -0.122. The van der Waals surface area contributed by atoms with Gasteiger partial charge in [0.05, 0.1) is 0 Å². The molecule has 4 N–H and O–H groups in total. The minimum Gasteiger partial charge on any atom is -0.367 e. The lowest BCUT2D eigenvalue weighted by Gasteiger charge is -2.11. The van der Waals surface area contributed by atoms with Gasteiger partial charge in [0.25, 0.3) is 5.91 Å². The van der Waals surface area contributed by atoms with Gasteiger partial charge in [0, 0.05) is 5.70 Å². The molecule has 0 radical (unpaired) electrons. The fourth-order valence-corrected chi connectivity index (χ4v) is 1.63. The lowest BCUT2D eigenvalue weighted by atomic mass is 10.2. The van der Waals surface area contributed by atoms with E-state index in [9.17, 15) is 4.79 Å². The van der Waals surface area contributed by atoms with Gasteiger partial charge in [-0.15, -0.1) is 0 Å². The van der Waals surface area contributed by atoms with Gasteiger partial charge in [-0.05, 0) is 28.5 Å². The fourth-order valence-electron chi connectivity index (χ4n) is 1.63. The van der Waals surface area contributed by atoms with Crippen molar-refractivity contribution in [2.45, 2.75) is 19.9 Å². The van der Waals surface area contributed by atoms with Crippen LogP contribution in [-0.4, -0.2) is 26.1 Å². The van der Waals surface area contributed by atoms with E-state index in [0.717, 1.165) is 17.7 Å². The molecule has 8 heteroatoms. The highest BCUT2D eigenvalue weighted by Gasteiger charge is 2.07. The summed E-state index contributed by atoms with van der Waals surface area (Å²) >= 11 is 0. The smallest absolute Gasteiger partial charge is 0.260 e. The molecule has 2 rings (SSSR count). The van der Waals surface area contributed by atoms with E-state index >= 15 is 0 Å². The molecule has 0 saturated carbocycles. The molecule has 110 valence electrons. The number of hydrogen-bond acceptors (Lipinski definition) is 6. The molecule has 0 atom stereocenters. The normalized spacial score (nSPS) is 11.2. The topological polar surface area (TPSA) is 111 Å². The summed E-state index contributed by atoms with van der Waals surface area (Å²) in [6, 6.07) is 9.84. The number of amides is 1. The predicted molar refractivity (Wildman–Crippen MR) is 78.2 cm³/mol. The summed E-state index contributed by atoms with van der Waals surface area (Å²) in [5.41, 5.74) is 12.9. The largest absolute Gasteiger partial charge is 0.367 e. The molecule has 0 saturated heterocycles. The average molecular weight is 287 g/mol. The monoisotopic (exact) mass is 287 g/mol. The van der Waals surface area contributed by atoms with Gasteiger partial charge in [0.2, 0.25) is 5.95 Å². The van der Waals surface area contributed by atoms with Crippen LogP contribution in [0.5, 0.6) is 0 Å². The van der Waals surface area contributed by atoms with E-state index in [4.69, 9.17) is 5.73 Å². The Morgan fingerprint density at radius 2 is 2.10 bits per heavy atom. The maximum absolute atomic E-state index is 11.8. The van der Waals surface area contributed by atoms with Crippen molar-refractivity contribution in [3.8, 4) is 0 Å². The minimum absolute atomic E-state index is 0.0475.